The summed E-state index contributed by atoms with van der Waals surface area (Å²) in [5.41, 5.74) is 5.41. The molecule has 0 spiro atoms. The second kappa shape index (κ2) is 15.8. The van der Waals surface area contributed by atoms with E-state index in [1.807, 2.05) is 61.5 Å². The van der Waals surface area contributed by atoms with Crippen molar-refractivity contribution in [3.05, 3.63) is 114 Å². The molecule has 2 saturated heterocycles. The Morgan fingerprint density at radius 3 is 2.43 bits per heavy atom. The first kappa shape index (κ1) is 33.6. The molecule has 2 fully saturated rings. The summed E-state index contributed by atoms with van der Waals surface area (Å²) >= 11 is 1.37. The van der Waals surface area contributed by atoms with Crippen LogP contribution in [0.1, 0.15) is 34.7 Å². The average Bonchev–Trinajstić information content (AvgIpc) is 3.43. The fourth-order valence-corrected chi connectivity index (χ4v) is 6.40. The minimum atomic E-state index is -0.838. The molecule has 252 valence electrons. The maximum Gasteiger partial charge on any atom is 0.408 e. The van der Waals surface area contributed by atoms with Crippen LogP contribution in [0.3, 0.4) is 0 Å². The molecular weight excluding hydrogens is 643 g/mol. The summed E-state index contributed by atoms with van der Waals surface area (Å²) in [6.45, 7) is 6.86. The van der Waals surface area contributed by atoms with E-state index in [9.17, 15) is 14.4 Å². The number of amides is 3. The number of rotatable bonds is 10. The Bertz CT molecular complexity index is 1780. The van der Waals surface area contributed by atoms with E-state index in [-0.39, 0.29) is 19.1 Å². The molecule has 6 rings (SSSR count). The highest BCUT2D eigenvalue weighted by Gasteiger charge is 2.39. The number of aliphatic imine (C=N–C) groups is 1. The van der Waals surface area contributed by atoms with Crippen LogP contribution < -0.4 is 15.5 Å². The van der Waals surface area contributed by atoms with Crippen molar-refractivity contribution in [1.82, 2.24) is 20.2 Å². The van der Waals surface area contributed by atoms with Crippen LogP contribution in [0.5, 0.6) is 0 Å². The Balaban J connectivity index is 1.12. The lowest BCUT2D eigenvalue weighted by molar-refractivity contribution is -0.126. The highest BCUT2D eigenvalue weighted by atomic mass is 32.2. The number of alkyl carbamates (subject to hydrolysis) is 1. The molecule has 2 atom stereocenters. The smallest absolute Gasteiger partial charge is 0.408 e. The van der Waals surface area contributed by atoms with Gasteiger partial charge in [0.2, 0.25) is 11.8 Å². The lowest BCUT2D eigenvalue weighted by Gasteiger charge is -2.28. The van der Waals surface area contributed by atoms with Crippen molar-refractivity contribution in [2.24, 2.45) is 4.99 Å². The first-order chi connectivity index (χ1) is 23.8. The van der Waals surface area contributed by atoms with Crippen molar-refractivity contribution in [1.29, 1.82) is 0 Å². The third kappa shape index (κ3) is 8.80. The van der Waals surface area contributed by atoms with Crippen LogP contribution in [-0.2, 0) is 32.2 Å². The van der Waals surface area contributed by atoms with Gasteiger partial charge in [-0.1, -0.05) is 54.2 Å². The fourth-order valence-electron chi connectivity index (χ4n) is 5.23. The molecular formula is C36H37N7O5S. The van der Waals surface area contributed by atoms with E-state index in [0.29, 0.717) is 29.8 Å². The fraction of sp³-hybridized carbons (Fsp3) is 0.278. The molecule has 13 heteroatoms. The number of benzene rings is 3. The minimum Gasteiger partial charge on any atom is -0.445 e. The molecule has 2 aliphatic rings. The van der Waals surface area contributed by atoms with Crippen molar-refractivity contribution in [3.8, 4) is 0 Å². The number of amidine groups is 1. The summed E-state index contributed by atoms with van der Waals surface area (Å²) in [6.07, 6.45) is 2.66. The number of aromatic nitrogens is 2. The Morgan fingerprint density at radius 2 is 1.73 bits per heavy atom. The maximum atomic E-state index is 13.9. The number of ether oxygens (including phenoxy) is 2. The highest BCUT2D eigenvalue weighted by Crippen LogP contribution is 2.41. The Kier molecular flexibility index (Phi) is 10.8. The second-order valence-electron chi connectivity index (χ2n) is 11.6. The monoisotopic (exact) mass is 679 g/mol. The largest absolute Gasteiger partial charge is 0.445 e. The van der Waals surface area contributed by atoms with E-state index in [2.05, 4.69) is 25.5 Å². The van der Waals surface area contributed by atoms with Gasteiger partial charge in [0.05, 0.1) is 43.0 Å². The van der Waals surface area contributed by atoms with Crippen molar-refractivity contribution in [2.45, 2.75) is 38.3 Å². The van der Waals surface area contributed by atoms with Gasteiger partial charge in [-0.3, -0.25) is 24.5 Å². The number of nitrogens with one attached hydrogen (secondary N) is 2. The Labute approximate surface area is 288 Å². The van der Waals surface area contributed by atoms with Crippen molar-refractivity contribution in [3.63, 3.8) is 0 Å². The van der Waals surface area contributed by atoms with E-state index < -0.39 is 23.3 Å². The van der Waals surface area contributed by atoms with Gasteiger partial charge in [0.1, 0.15) is 17.9 Å². The molecule has 0 aliphatic carbocycles. The number of anilines is 2. The predicted molar refractivity (Wildman–Crippen MR) is 189 cm³/mol. The van der Waals surface area contributed by atoms with E-state index >= 15 is 0 Å². The molecule has 3 amide bonds. The molecule has 4 aromatic rings. The van der Waals surface area contributed by atoms with Gasteiger partial charge in [-0.25, -0.2) is 9.79 Å². The lowest BCUT2D eigenvalue weighted by Crippen LogP contribution is -2.41. The minimum absolute atomic E-state index is 0.101. The quantitative estimate of drug-likeness (QED) is 0.226. The van der Waals surface area contributed by atoms with E-state index in [4.69, 9.17) is 14.5 Å². The second-order valence-corrected chi connectivity index (χ2v) is 12.7. The average molecular weight is 680 g/mol. The number of hydrogen-bond acceptors (Lipinski definition) is 10. The molecule has 3 heterocycles. The van der Waals surface area contributed by atoms with Crippen molar-refractivity contribution < 1.29 is 23.9 Å². The van der Waals surface area contributed by atoms with Crippen LogP contribution in [0.25, 0.3) is 0 Å². The molecule has 49 heavy (non-hydrogen) atoms. The summed E-state index contributed by atoms with van der Waals surface area (Å²) < 4.78 is 10.7. The number of carbonyl (C=O) groups excluding carboxylic acids is 3. The first-order valence-corrected chi connectivity index (χ1v) is 16.9. The normalized spacial score (nSPS) is 17.6. The standard InChI is InChI=1S/C36H37N7O5S/c1-24-20-38-30(21-37-24)22-43-34(45)32(49-35(43)41-29-12-14-31(15-13-29)42-16-18-47-19-17-42)27-8-10-28(11-9-27)40-33(44)25(2)39-36(46)48-23-26-6-4-3-5-7-26/h3-15,20-21,25,32H,16-19,22-23H2,1-2H3,(H,39,46)(H,40,44)/t25-,32?/m1/s1. The van der Waals surface area contributed by atoms with Crippen LogP contribution >= 0.6 is 11.8 Å². The lowest BCUT2D eigenvalue weighted by atomic mass is 10.1. The number of nitrogens with zero attached hydrogens (tertiary/aromatic N) is 5. The van der Waals surface area contributed by atoms with Crippen molar-refractivity contribution in [2.75, 3.05) is 36.5 Å². The van der Waals surface area contributed by atoms with Gasteiger partial charge in [0, 0.05) is 30.7 Å². The SMILES string of the molecule is Cc1cnc(CN2C(=O)C(c3ccc(NC(=O)[C@@H](C)NC(=O)OCc4ccccc4)cc3)SC2=Nc2ccc(N3CCOCC3)cc2)cn1. The van der Waals surface area contributed by atoms with Gasteiger partial charge in [0.25, 0.3) is 0 Å². The van der Waals surface area contributed by atoms with Crippen LogP contribution in [-0.4, -0.2) is 70.3 Å². The number of hydrogen-bond donors (Lipinski definition) is 2. The molecule has 2 N–H and O–H groups in total. The van der Waals surface area contributed by atoms with E-state index in [0.717, 1.165) is 41.3 Å². The molecule has 0 saturated carbocycles. The van der Waals surface area contributed by atoms with Crippen LogP contribution in [0.4, 0.5) is 21.9 Å². The molecule has 1 aromatic heterocycles. The van der Waals surface area contributed by atoms with Gasteiger partial charge in [-0.2, -0.15) is 0 Å². The Hall–Kier alpha value is -5.27. The van der Waals surface area contributed by atoms with E-state index in [1.54, 1.807) is 48.5 Å². The number of aryl methyl sites for hydroxylation is 1. The zero-order valence-corrected chi connectivity index (χ0v) is 28.1. The summed E-state index contributed by atoms with van der Waals surface area (Å²) in [7, 11) is 0. The maximum absolute atomic E-state index is 13.9. The molecule has 1 unspecified atom stereocenters. The number of morpholine rings is 1. The number of thioether (sulfide) groups is 1. The molecule has 12 nitrogen and oxygen atoms in total. The summed E-state index contributed by atoms with van der Waals surface area (Å²) in [6, 6.07) is 23.5. The van der Waals surface area contributed by atoms with Crippen LogP contribution in [0, 0.1) is 6.92 Å². The molecule has 0 radical (unpaired) electrons. The van der Waals surface area contributed by atoms with Gasteiger partial charge < -0.3 is 25.0 Å². The van der Waals surface area contributed by atoms with Gasteiger partial charge in [-0.05, 0) is 61.4 Å². The number of carbonyl (C=O) groups is 3. The van der Waals surface area contributed by atoms with Crippen molar-refractivity contribution >= 4 is 51.9 Å². The summed E-state index contributed by atoms with van der Waals surface area (Å²) in [5, 5.41) is 5.37. The Morgan fingerprint density at radius 1 is 1.00 bits per heavy atom. The molecule has 0 bridgehead atoms. The topological polar surface area (TPSA) is 138 Å². The predicted octanol–water partition coefficient (Wildman–Crippen LogP) is 5.38. The third-order valence-corrected chi connectivity index (χ3v) is 9.20. The first-order valence-electron chi connectivity index (χ1n) is 16.0. The third-order valence-electron chi connectivity index (χ3n) is 7.97. The van der Waals surface area contributed by atoms with Gasteiger partial charge >= 0.3 is 6.09 Å². The van der Waals surface area contributed by atoms with E-state index in [1.165, 1.54) is 11.8 Å². The molecule has 3 aromatic carbocycles. The van der Waals surface area contributed by atoms with Crippen LogP contribution in [0.2, 0.25) is 0 Å². The van der Waals surface area contributed by atoms with Gasteiger partial charge in [0.15, 0.2) is 5.17 Å². The molecule has 2 aliphatic heterocycles. The highest BCUT2D eigenvalue weighted by molar-refractivity contribution is 8.15. The van der Waals surface area contributed by atoms with Gasteiger partial charge in [-0.15, -0.1) is 0 Å². The van der Waals surface area contributed by atoms with Crippen LogP contribution in [0.15, 0.2) is 96.2 Å². The summed E-state index contributed by atoms with van der Waals surface area (Å²) in [4.78, 5) is 56.5. The zero-order valence-electron chi connectivity index (χ0n) is 27.2. The summed E-state index contributed by atoms with van der Waals surface area (Å²) in [5.74, 6) is -0.533. The zero-order chi connectivity index (χ0) is 34.2.